The van der Waals surface area contributed by atoms with E-state index >= 15 is 0 Å². The number of rotatable bonds is 4. The largest absolute Gasteiger partial charge is 0.351 e. The molecule has 82 valence electrons. The lowest BCUT2D eigenvalue weighted by atomic mass is 10.3. The average molecular weight is 272 g/mol. The standard InChI is InChI=1S/C10H14BrN3O/c1-4-5-12-10(15)8(3)14-6-9(11)7(2)13-14/h4,6,8H,1,5H2,2-3H3,(H,12,15). The van der Waals surface area contributed by atoms with Crippen molar-refractivity contribution in [3.8, 4) is 0 Å². The highest BCUT2D eigenvalue weighted by Crippen LogP contribution is 2.16. The molecule has 1 N–H and O–H groups in total. The first-order chi connectivity index (χ1) is 7.06. The Kier molecular flexibility index (Phi) is 4.08. The lowest BCUT2D eigenvalue weighted by Gasteiger charge is -2.11. The molecule has 1 heterocycles. The second kappa shape index (κ2) is 5.11. The summed E-state index contributed by atoms with van der Waals surface area (Å²) in [5.41, 5.74) is 0.873. The summed E-state index contributed by atoms with van der Waals surface area (Å²) in [5, 5.41) is 6.95. The molecule has 15 heavy (non-hydrogen) atoms. The van der Waals surface area contributed by atoms with Crippen molar-refractivity contribution in [1.82, 2.24) is 15.1 Å². The van der Waals surface area contributed by atoms with Crippen molar-refractivity contribution in [1.29, 1.82) is 0 Å². The molecule has 0 radical (unpaired) electrons. The van der Waals surface area contributed by atoms with Crippen LogP contribution in [0.4, 0.5) is 0 Å². The van der Waals surface area contributed by atoms with Gasteiger partial charge in [-0.2, -0.15) is 5.10 Å². The molecule has 5 heteroatoms. The van der Waals surface area contributed by atoms with Gasteiger partial charge in [0, 0.05) is 12.7 Å². The normalized spacial score (nSPS) is 12.2. The van der Waals surface area contributed by atoms with E-state index in [4.69, 9.17) is 0 Å². The van der Waals surface area contributed by atoms with Gasteiger partial charge < -0.3 is 5.32 Å². The number of nitrogens with one attached hydrogen (secondary N) is 1. The van der Waals surface area contributed by atoms with Gasteiger partial charge in [-0.05, 0) is 29.8 Å². The smallest absolute Gasteiger partial charge is 0.244 e. The van der Waals surface area contributed by atoms with E-state index < -0.39 is 0 Å². The molecule has 1 aromatic rings. The highest BCUT2D eigenvalue weighted by Gasteiger charge is 2.15. The van der Waals surface area contributed by atoms with Crippen molar-refractivity contribution in [2.45, 2.75) is 19.9 Å². The Hall–Kier alpha value is -1.10. The van der Waals surface area contributed by atoms with Gasteiger partial charge >= 0.3 is 0 Å². The number of aryl methyl sites for hydroxylation is 1. The summed E-state index contributed by atoms with van der Waals surface area (Å²) >= 11 is 3.35. The lowest BCUT2D eigenvalue weighted by Crippen LogP contribution is -2.31. The third kappa shape index (κ3) is 2.92. The van der Waals surface area contributed by atoms with Crippen molar-refractivity contribution in [2.75, 3.05) is 6.54 Å². The molecule has 0 bridgehead atoms. The highest BCUT2D eigenvalue weighted by molar-refractivity contribution is 9.10. The average Bonchev–Trinajstić information content (AvgIpc) is 2.54. The molecule has 0 aliphatic carbocycles. The van der Waals surface area contributed by atoms with Gasteiger partial charge in [0.2, 0.25) is 5.91 Å². The zero-order valence-corrected chi connectivity index (χ0v) is 10.4. The van der Waals surface area contributed by atoms with Crippen LogP contribution in [0.25, 0.3) is 0 Å². The maximum atomic E-state index is 11.6. The van der Waals surface area contributed by atoms with Gasteiger partial charge in [-0.25, -0.2) is 0 Å². The molecule has 1 atom stereocenters. The van der Waals surface area contributed by atoms with Crippen LogP contribution < -0.4 is 5.32 Å². The number of carbonyl (C=O) groups excluding carboxylic acids is 1. The maximum Gasteiger partial charge on any atom is 0.244 e. The molecule has 0 saturated carbocycles. The summed E-state index contributed by atoms with van der Waals surface area (Å²) in [6.07, 6.45) is 3.45. The van der Waals surface area contributed by atoms with Crippen molar-refractivity contribution < 1.29 is 4.79 Å². The molecule has 0 aliphatic rings. The van der Waals surface area contributed by atoms with E-state index in [9.17, 15) is 4.79 Å². The van der Waals surface area contributed by atoms with Gasteiger partial charge in [0.1, 0.15) is 6.04 Å². The fourth-order valence-corrected chi connectivity index (χ4v) is 1.39. The van der Waals surface area contributed by atoms with E-state index in [1.807, 2.05) is 6.92 Å². The van der Waals surface area contributed by atoms with E-state index in [0.29, 0.717) is 6.54 Å². The molecule has 0 saturated heterocycles. The van der Waals surface area contributed by atoms with Crippen LogP contribution in [0.1, 0.15) is 18.7 Å². The summed E-state index contributed by atoms with van der Waals surface area (Å²) in [6, 6.07) is -0.310. The van der Waals surface area contributed by atoms with Crippen LogP contribution in [-0.2, 0) is 4.79 Å². The second-order valence-electron chi connectivity index (χ2n) is 3.25. The fraction of sp³-hybridized carbons (Fsp3) is 0.400. The molecule has 4 nitrogen and oxygen atoms in total. The maximum absolute atomic E-state index is 11.6. The Morgan fingerprint density at radius 1 is 1.87 bits per heavy atom. The topological polar surface area (TPSA) is 46.9 Å². The van der Waals surface area contributed by atoms with E-state index in [0.717, 1.165) is 10.2 Å². The third-order valence-corrected chi connectivity index (χ3v) is 2.83. The molecular formula is C10H14BrN3O. The molecule has 1 rings (SSSR count). The second-order valence-corrected chi connectivity index (χ2v) is 4.11. The molecule has 1 unspecified atom stereocenters. The van der Waals surface area contributed by atoms with Crippen molar-refractivity contribution in [3.63, 3.8) is 0 Å². The number of carbonyl (C=O) groups is 1. The summed E-state index contributed by atoms with van der Waals surface area (Å²) < 4.78 is 2.54. The van der Waals surface area contributed by atoms with Crippen LogP contribution >= 0.6 is 15.9 Å². The van der Waals surface area contributed by atoms with Crippen LogP contribution in [0.15, 0.2) is 23.3 Å². The predicted molar refractivity (Wildman–Crippen MR) is 62.6 cm³/mol. The molecule has 0 fully saturated rings. The van der Waals surface area contributed by atoms with Crippen LogP contribution in [0.3, 0.4) is 0 Å². The summed E-state index contributed by atoms with van der Waals surface area (Å²) in [7, 11) is 0. The molecule has 0 aliphatic heterocycles. The number of hydrogen-bond donors (Lipinski definition) is 1. The zero-order chi connectivity index (χ0) is 11.4. The first-order valence-electron chi connectivity index (χ1n) is 4.66. The number of aromatic nitrogens is 2. The summed E-state index contributed by atoms with van der Waals surface area (Å²) in [6.45, 7) is 7.70. The van der Waals surface area contributed by atoms with Gasteiger partial charge in [-0.1, -0.05) is 6.08 Å². The predicted octanol–water partition coefficient (Wildman–Crippen LogP) is 1.82. The summed E-state index contributed by atoms with van der Waals surface area (Å²) in [5.74, 6) is -0.0649. The Morgan fingerprint density at radius 3 is 3.00 bits per heavy atom. The minimum Gasteiger partial charge on any atom is -0.351 e. The van der Waals surface area contributed by atoms with Crippen LogP contribution in [0.2, 0.25) is 0 Å². The molecule has 1 amide bonds. The minimum atomic E-state index is -0.310. The molecule has 0 aromatic carbocycles. The van der Waals surface area contributed by atoms with Gasteiger partial charge in [0.25, 0.3) is 0 Å². The van der Waals surface area contributed by atoms with E-state index in [-0.39, 0.29) is 11.9 Å². The lowest BCUT2D eigenvalue weighted by molar-refractivity contribution is -0.123. The van der Waals surface area contributed by atoms with E-state index in [2.05, 4.69) is 32.9 Å². The molecule has 1 aromatic heterocycles. The van der Waals surface area contributed by atoms with Crippen LogP contribution in [0.5, 0.6) is 0 Å². The molecule has 0 spiro atoms. The number of nitrogens with zero attached hydrogens (tertiary/aromatic N) is 2. The van der Waals surface area contributed by atoms with Gasteiger partial charge in [-0.15, -0.1) is 6.58 Å². The minimum absolute atomic E-state index is 0.0649. The Balaban J connectivity index is 2.71. The van der Waals surface area contributed by atoms with Crippen LogP contribution in [0, 0.1) is 6.92 Å². The highest BCUT2D eigenvalue weighted by atomic mass is 79.9. The van der Waals surface area contributed by atoms with E-state index in [1.165, 1.54) is 0 Å². The SMILES string of the molecule is C=CCNC(=O)C(C)n1cc(Br)c(C)n1. The first kappa shape index (κ1) is 12.0. The first-order valence-corrected chi connectivity index (χ1v) is 5.45. The summed E-state index contributed by atoms with van der Waals surface area (Å²) in [4.78, 5) is 11.6. The Labute approximate surface area is 97.5 Å². The van der Waals surface area contributed by atoms with Crippen molar-refractivity contribution in [3.05, 3.63) is 29.0 Å². The monoisotopic (exact) mass is 271 g/mol. The number of halogens is 1. The quantitative estimate of drug-likeness (QED) is 0.850. The van der Waals surface area contributed by atoms with Gasteiger partial charge in [0.15, 0.2) is 0 Å². The van der Waals surface area contributed by atoms with E-state index in [1.54, 1.807) is 23.9 Å². The number of amides is 1. The number of hydrogen-bond acceptors (Lipinski definition) is 2. The van der Waals surface area contributed by atoms with Gasteiger partial charge in [-0.3, -0.25) is 9.48 Å². The Bertz CT molecular complexity index is 353. The Morgan fingerprint density at radius 2 is 2.53 bits per heavy atom. The van der Waals surface area contributed by atoms with Crippen molar-refractivity contribution >= 4 is 21.8 Å². The van der Waals surface area contributed by atoms with Crippen molar-refractivity contribution in [2.24, 2.45) is 0 Å². The zero-order valence-electron chi connectivity index (χ0n) is 8.83. The van der Waals surface area contributed by atoms with Gasteiger partial charge in [0.05, 0.1) is 10.2 Å². The van der Waals surface area contributed by atoms with Crippen LogP contribution in [-0.4, -0.2) is 22.2 Å². The fourth-order valence-electron chi connectivity index (χ4n) is 1.10. The molecular weight excluding hydrogens is 258 g/mol. The third-order valence-electron chi connectivity index (χ3n) is 2.05.